The molecule has 0 aliphatic heterocycles. The normalized spacial score (nSPS) is 12.0. The molecule has 138 valence electrons. The molecule has 0 radical (unpaired) electrons. The molecule has 0 aliphatic rings. The van der Waals surface area contributed by atoms with Gasteiger partial charge in [0.25, 0.3) is 0 Å². The van der Waals surface area contributed by atoms with Gasteiger partial charge in [0.2, 0.25) is 0 Å². The molecule has 0 aliphatic carbocycles. The Hall–Kier alpha value is -3.90. The smallest absolute Gasteiger partial charge is 0.00203 e. The molecule has 7 aromatic carbocycles. The van der Waals surface area contributed by atoms with Gasteiger partial charge in [0.05, 0.1) is 0 Å². The minimum Gasteiger partial charge on any atom is -0.0616 e. The van der Waals surface area contributed by atoms with Crippen LogP contribution in [0.15, 0.2) is 109 Å². The van der Waals surface area contributed by atoms with Crippen LogP contribution in [-0.4, -0.2) is 0 Å². The lowest BCUT2D eigenvalue weighted by molar-refractivity contribution is 1.78. The maximum atomic E-state index is 2.39. The summed E-state index contributed by atoms with van der Waals surface area (Å²) in [6.07, 6.45) is 0. The molecule has 0 spiro atoms. The Morgan fingerprint density at radius 1 is 0.267 bits per heavy atom. The van der Waals surface area contributed by atoms with Crippen molar-refractivity contribution in [3.8, 4) is 0 Å². The first-order valence-corrected chi connectivity index (χ1v) is 10.5. The Bertz CT molecular complexity index is 1780. The number of hydrogen-bond donors (Lipinski definition) is 0. The van der Waals surface area contributed by atoms with Gasteiger partial charge in [0.15, 0.2) is 0 Å². The second-order valence-electron chi connectivity index (χ2n) is 8.20. The second kappa shape index (κ2) is 5.81. The van der Waals surface area contributed by atoms with Crippen molar-refractivity contribution < 1.29 is 0 Å². The molecule has 7 rings (SSSR count). The minimum absolute atomic E-state index is 1.29. The lowest BCUT2D eigenvalue weighted by Crippen LogP contribution is -1.85. The quantitative estimate of drug-likeness (QED) is 0.183. The molecule has 0 atom stereocenters. The number of benzene rings is 7. The molecule has 0 heterocycles. The van der Waals surface area contributed by atoms with Gasteiger partial charge >= 0.3 is 0 Å². The summed E-state index contributed by atoms with van der Waals surface area (Å²) in [5.41, 5.74) is 0. The van der Waals surface area contributed by atoms with Crippen LogP contribution < -0.4 is 0 Å². The molecule has 0 saturated carbocycles. The Morgan fingerprint density at radius 3 is 1.40 bits per heavy atom. The van der Waals surface area contributed by atoms with E-state index in [2.05, 4.69) is 109 Å². The van der Waals surface area contributed by atoms with Crippen LogP contribution in [0, 0.1) is 0 Å². The van der Waals surface area contributed by atoms with Crippen LogP contribution in [0.3, 0.4) is 0 Å². The van der Waals surface area contributed by atoms with E-state index in [0.717, 1.165) is 0 Å². The average Bonchev–Trinajstić information content (AvgIpc) is 2.82. The molecule has 0 heteroatoms. The maximum Gasteiger partial charge on any atom is -0.00203 e. The third-order valence-electron chi connectivity index (χ3n) is 6.57. The fraction of sp³-hybridized carbons (Fsp3) is 0. The third-order valence-corrected chi connectivity index (χ3v) is 6.57. The number of fused-ring (bicyclic) bond motifs is 10. The zero-order valence-electron chi connectivity index (χ0n) is 16.4. The van der Waals surface area contributed by atoms with Crippen LogP contribution in [0.1, 0.15) is 0 Å². The predicted octanol–water partition coefficient (Wildman–Crippen LogP) is 8.61. The standard InChI is InChI=1S/C30H18/c1-3-7-25-19(5-1)10-15-23-18-28-24(17-27(23)25)16-14-22-13-12-21-11-9-20-6-2-4-8-26(20)29(21)30(22)28/h1-18H. The van der Waals surface area contributed by atoms with Crippen LogP contribution in [0.25, 0.3) is 64.6 Å². The number of rotatable bonds is 0. The highest BCUT2D eigenvalue weighted by Gasteiger charge is 2.10. The Morgan fingerprint density at radius 2 is 0.700 bits per heavy atom. The zero-order chi connectivity index (χ0) is 19.7. The molecular weight excluding hydrogens is 360 g/mol. The molecule has 0 saturated heterocycles. The van der Waals surface area contributed by atoms with Crippen molar-refractivity contribution in [2.75, 3.05) is 0 Å². The molecular formula is C30H18. The highest BCUT2D eigenvalue weighted by atomic mass is 14.1. The van der Waals surface area contributed by atoms with Gasteiger partial charge in [-0.15, -0.1) is 0 Å². The lowest BCUT2D eigenvalue weighted by atomic mass is 9.91. The van der Waals surface area contributed by atoms with Gasteiger partial charge < -0.3 is 0 Å². The molecule has 0 unspecified atom stereocenters. The average molecular weight is 378 g/mol. The third kappa shape index (κ3) is 2.11. The summed E-state index contributed by atoms with van der Waals surface area (Å²) in [6, 6.07) is 40.2. The first-order valence-electron chi connectivity index (χ1n) is 10.5. The van der Waals surface area contributed by atoms with Gasteiger partial charge in [-0.2, -0.15) is 0 Å². The molecule has 0 amide bonds. The Labute approximate surface area is 174 Å². The predicted molar refractivity (Wildman–Crippen MR) is 131 cm³/mol. The summed E-state index contributed by atoms with van der Waals surface area (Å²) in [4.78, 5) is 0. The molecule has 30 heavy (non-hydrogen) atoms. The van der Waals surface area contributed by atoms with Gasteiger partial charge in [-0.3, -0.25) is 0 Å². The van der Waals surface area contributed by atoms with Gasteiger partial charge in [-0.1, -0.05) is 97.1 Å². The Balaban J connectivity index is 1.75. The topological polar surface area (TPSA) is 0 Å². The Kier molecular flexibility index (Phi) is 3.09. The zero-order valence-corrected chi connectivity index (χ0v) is 16.4. The molecule has 0 aromatic heterocycles. The summed E-state index contributed by atoms with van der Waals surface area (Å²) in [5, 5.41) is 15.8. The van der Waals surface area contributed by atoms with E-state index >= 15 is 0 Å². The van der Waals surface area contributed by atoms with Crippen molar-refractivity contribution in [3.63, 3.8) is 0 Å². The molecule has 0 bridgehead atoms. The lowest BCUT2D eigenvalue weighted by Gasteiger charge is -2.12. The summed E-state index contributed by atoms with van der Waals surface area (Å²) in [5.74, 6) is 0. The molecule has 0 fully saturated rings. The molecule has 0 nitrogen and oxygen atoms in total. The van der Waals surface area contributed by atoms with Crippen molar-refractivity contribution in [1.29, 1.82) is 0 Å². The van der Waals surface area contributed by atoms with Crippen LogP contribution in [0.4, 0.5) is 0 Å². The van der Waals surface area contributed by atoms with E-state index in [0.29, 0.717) is 0 Å². The highest BCUT2D eigenvalue weighted by molar-refractivity contribution is 6.29. The van der Waals surface area contributed by atoms with Gasteiger partial charge in [0.1, 0.15) is 0 Å². The van der Waals surface area contributed by atoms with E-state index in [1.54, 1.807) is 0 Å². The molecule has 7 aromatic rings. The maximum absolute atomic E-state index is 2.39. The van der Waals surface area contributed by atoms with E-state index in [1.165, 1.54) is 64.6 Å². The van der Waals surface area contributed by atoms with E-state index in [4.69, 9.17) is 0 Å². The summed E-state index contributed by atoms with van der Waals surface area (Å²) in [6.45, 7) is 0. The first kappa shape index (κ1) is 16.0. The summed E-state index contributed by atoms with van der Waals surface area (Å²) >= 11 is 0. The fourth-order valence-corrected chi connectivity index (χ4v) is 5.15. The van der Waals surface area contributed by atoms with Crippen LogP contribution in [0.5, 0.6) is 0 Å². The van der Waals surface area contributed by atoms with Gasteiger partial charge in [0, 0.05) is 0 Å². The summed E-state index contributed by atoms with van der Waals surface area (Å²) < 4.78 is 0. The van der Waals surface area contributed by atoms with Crippen LogP contribution in [0.2, 0.25) is 0 Å². The van der Waals surface area contributed by atoms with Crippen molar-refractivity contribution in [3.05, 3.63) is 109 Å². The van der Waals surface area contributed by atoms with E-state index in [-0.39, 0.29) is 0 Å². The van der Waals surface area contributed by atoms with E-state index < -0.39 is 0 Å². The SMILES string of the molecule is c1ccc2c(c1)ccc1cc3c(ccc4ccc5ccc6ccccc6c5c43)cc12. The number of hydrogen-bond acceptors (Lipinski definition) is 0. The van der Waals surface area contributed by atoms with Crippen LogP contribution in [-0.2, 0) is 0 Å². The van der Waals surface area contributed by atoms with E-state index in [1.807, 2.05) is 0 Å². The van der Waals surface area contributed by atoms with Crippen molar-refractivity contribution >= 4 is 64.6 Å². The first-order chi connectivity index (χ1) is 14.9. The van der Waals surface area contributed by atoms with Gasteiger partial charge in [-0.25, -0.2) is 0 Å². The fourth-order valence-electron chi connectivity index (χ4n) is 5.15. The largest absolute Gasteiger partial charge is 0.0616 e. The minimum atomic E-state index is 1.29. The molecule has 0 N–H and O–H groups in total. The van der Waals surface area contributed by atoms with Crippen molar-refractivity contribution in [1.82, 2.24) is 0 Å². The summed E-state index contributed by atoms with van der Waals surface area (Å²) in [7, 11) is 0. The van der Waals surface area contributed by atoms with Crippen molar-refractivity contribution in [2.45, 2.75) is 0 Å². The van der Waals surface area contributed by atoms with E-state index in [9.17, 15) is 0 Å². The highest BCUT2D eigenvalue weighted by Crippen LogP contribution is 2.38. The monoisotopic (exact) mass is 378 g/mol. The van der Waals surface area contributed by atoms with Gasteiger partial charge in [-0.05, 0) is 76.8 Å². The van der Waals surface area contributed by atoms with Crippen LogP contribution >= 0.6 is 0 Å². The second-order valence-corrected chi connectivity index (χ2v) is 8.20. The van der Waals surface area contributed by atoms with Crippen molar-refractivity contribution in [2.24, 2.45) is 0 Å².